The van der Waals surface area contributed by atoms with Gasteiger partial charge >= 0.3 is 0 Å². The fourth-order valence-electron chi connectivity index (χ4n) is 2.46. The molecule has 0 spiro atoms. The number of rotatable bonds is 6. The summed E-state index contributed by atoms with van der Waals surface area (Å²) in [4.78, 5) is 30.8. The molecule has 0 saturated carbocycles. The van der Waals surface area contributed by atoms with E-state index in [1.807, 2.05) is 13.1 Å². The number of carbonyl (C=O) groups is 1. The average molecular weight is 344 g/mol. The number of amides is 1. The van der Waals surface area contributed by atoms with Crippen LogP contribution in [0.3, 0.4) is 0 Å². The third-order valence-electron chi connectivity index (χ3n) is 3.86. The van der Waals surface area contributed by atoms with Crippen LogP contribution in [0.2, 0.25) is 0 Å². The highest BCUT2D eigenvalue weighted by molar-refractivity contribution is 7.10. The number of imidazole rings is 1. The van der Waals surface area contributed by atoms with Gasteiger partial charge in [0.25, 0.3) is 0 Å². The standard InChI is InChI=1S/C16H20N6OS/c1-16(2,11-5-4-6-24-11)8-17-12(23)7-22(3)15-13-14(19-9-18-13)20-10-21-15/h4-6,9-10H,7-8H2,1-3H3,(H,17,23)(H,18,19,20,21). The Labute approximate surface area is 144 Å². The highest BCUT2D eigenvalue weighted by Crippen LogP contribution is 2.26. The first kappa shape index (κ1) is 16.4. The van der Waals surface area contributed by atoms with Crippen molar-refractivity contribution in [1.29, 1.82) is 0 Å². The van der Waals surface area contributed by atoms with Gasteiger partial charge in [0.2, 0.25) is 5.91 Å². The second-order valence-corrected chi connectivity index (χ2v) is 7.24. The van der Waals surface area contributed by atoms with Gasteiger partial charge in [-0.05, 0) is 11.4 Å². The van der Waals surface area contributed by atoms with Crippen molar-refractivity contribution in [3.8, 4) is 0 Å². The Morgan fingerprint density at radius 3 is 2.96 bits per heavy atom. The van der Waals surface area contributed by atoms with E-state index in [-0.39, 0.29) is 17.9 Å². The predicted molar refractivity (Wildman–Crippen MR) is 95.3 cm³/mol. The van der Waals surface area contributed by atoms with Gasteiger partial charge in [0.15, 0.2) is 11.5 Å². The molecule has 7 nitrogen and oxygen atoms in total. The van der Waals surface area contributed by atoms with Crippen LogP contribution in [0.1, 0.15) is 18.7 Å². The minimum absolute atomic E-state index is 0.0478. The van der Waals surface area contributed by atoms with Crippen molar-refractivity contribution in [3.05, 3.63) is 35.0 Å². The first-order chi connectivity index (χ1) is 11.5. The third-order valence-corrected chi connectivity index (χ3v) is 5.10. The highest BCUT2D eigenvalue weighted by Gasteiger charge is 2.23. The molecular formula is C16H20N6OS. The van der Waals surface area contributed by atoms with Gasteiger partial charge in [-0.3, -0.25) is 4.79 Å². The predicted octanol–water partition coefficient (Wildman–Crippen LogP) is 1.94. The van der Waals surface area contributed by atoms with E-state index >= 15 is 0 Å². The molecule has 24 heavy (non-hydrogen) atoms. The molecule has 0 radical (unpaired) electrons. The number of nitrogens with zero attached hydrogens (tertiary/aromatic N) is 4. The van der Waals surface area contributed by atoms with Crippen LogP contribution in [0.15, 0.2) is 30.2 Å². The van der Waals surface area contributed by atoms with Gasteiger partial charge in [-0.2, -0.15) is 0 Å². The third kappa shape index (κ3) is 3.38. The van der Waals surface area contributed by atoms with E-state index in [1.165, 1.54) is 11.2 Å². The number of hydrogen-bond acceptors (Lipinski definition) is 6. The molecule has 0 aromatic carbocycles. The van der Waals surface area contributed by atoms with Gasteiger partial charge in [0.05, 0.1) is 12.9 Å². The molecule has 3 aromatic heterocycles. The molecule has 0 aliphatic rings. The van der Waals surface area contributed by atoms with E-state index in [9.17, 15) is 4.79 Å². The van der Waals surface area contributed by atoms with Crippen LogP contribution in [0.4, 0.5) is 5.82 Å². The largest absolute Gasteiger partial charge is 0.354 e. The summed E-state index contributed by atoms with van der Waals surface area (Å²) in [5.41, 5.74) is 1.23. The second kappa shape index (κ2) is 6.56. The van der Waals surface area contributed by atoms with Crippen LogP contribution < -0.4 is 10.2 Å². The SMILES string of the molecule is CN(CC(=O)NCC(C)(C)c1cccs1)c1ncnc2nc[nH]c12. The van der Waals surface area contributed by atoms with Crippen molar-refractivity contribution in [3.63, 3.8) is 0 Å². The topological polar surface area (TPSA) is 86.8 Å². The monoisotopic (exact) mass is 344 g/mol. The van der Waals surface area contributed by atoms with Gasteiger partial charge in [0.1, 0.15) is 11.8 Å². The van der Waals surface area contributed by atoms with E-state index in [0.29, 0.717) is 18.0 Å². The van der Waals surface area contributed by atoms with Crippen LogP contribution in [0, 0.1) is 0 Å². The lowest BCUT2D eigenvalue weighted by Crippen LogP contribution is -2.41. The highest BCUT2D eigenvalue weighted by atomic mass is 32.1. The van der Waals surface area contributed by atoms with Gasteiger partial charge < -0.3 is 15.2 Å². The van der Waals surface area contributed by atoms with E-state index in [0.717, 1.165) is 5.52 Å². The van der Waals surface area contributed by atoms with E-state index in [1.54, 1.807) is 22.6 Å². The molecule has 3 aromatic rings. The molecule has 126 valence electrons. The van der Waals surface area contributed by atoms with Gasteiger partial charge in [-0.25, -0.2) is 15.0 Å². The van der Waals surface area contributed by atoms with Gasteiger partial charge in [-0.1, -0.05) is 19.9 Å². The maximum Gasteiger partial charge on any atom is 0.239 e. The second-order valence-electron chi connectivity index (χ2n) is 6.29. The van der Waals surface area contributed by atoms with Crippen LogP contribution in [0.5, 0.6) is 0 Å². The molecule has 0 atom stereocenters. The van der Waals surface area contributed by atoms with E-state index < -0.39 is 0 Å². The van der Waals surface area contributed by atoms with Crippen LogP contribution in [0.25, 0.3) is 11.2 Å². The molecule has 0 unspecified atom stereocenters. The van der Waals surface area contributed by atoms with Crippen LogP contribution in [-0.2, 0) is 10.2 Å². The number of anilines is 1. The maximum atomic E-state index is 12.3. The molecular weight excluding hydrogens is 324 g/mol. The Hall–Kier alpha value is -2.48. The molecule has 8 heteroatoms. The molecule has 3 rings (SSSR count). The van der Waals surface area contributed by atoms with Crippen molar-refractivity contribution >= 4 is 34.2 Å². The van der Waals surface area contributed by atoms with Crippen molar-refractivity contribution in [2.45, 2.75) is 19.3 Å². The van der Waals surface area contributed by atoms with Crippen LogP contribution in [-0.4, -0.2) is 46.0 Å². The number of hydrogen-bond donors (Lipinski definition) is 2. The lowest BCUT2D eigenvalue weighted by atomic mass is 9.91. The van der Waals surface area contributed by atoms with Gasteiger partial charge in [0, 0.05) is 23.9 Å². The van der Waals surface area contributed by atoms with Crippen molar-refractivity contribution < 1.29 is 4.79 Å². The normalized spacial score (nSPS) is 11.6. The summed E-state index contributed by atoms with van der Waals surface area (Å²) in [6.45, 7) is 5.05. The first-order valence-corrected chi connectivity index (χ1v) is 8.51. The van der Waals surface area contributed by atoms with Crippen molar-refractivity contribution in [1.82, 2.24) is 25.3 Å². The number of aromatic nitrogens is 4. The molecule has 0 bridgehead atoms. The number of H-pyrrole nitrogens is 1. The fraction of sp³-hybridized carbons (Fsp3) is 0.375. The first-order valence-electron chi connectivity index (χ1n) is 7.63. The zero-order valence-corrected chi connectivity index (χ0v) is 14.7. The Balaban J connectivity index is 1.61. The Morgan fingerprint density at radius 1 is 1.38 bits per heavy atom. The molecule has 1 amide bonds. The number of carbonyl (C=O) groups excluding carboxylic acids is 1. The number of aromatic amines is 1. The zero-order chi connectivity index (χ0) is 17.2. The fourth-order valence-corrected chi connectivity index (χ4v) is 3.31. The molecule has 0 saturated heterocycles. The minimum atomic E-state index is -0.0893. The Bertz CT molecular complexity index is 826. The van der Waals surface area contributed by atoms with Crippen molar-refractivity contribution in [2.24, 2.45) is 0 Å². The number of nitrogens with one attached hydrogen (secondary N) is 2. The number of fused-ring (bicyclic) bond motifs is 1. The van der Waals surface area contributed by atoms with Gasteiger partial charge in [-0.15, -0.1) is 11.3 Å². The molecule has 3 heterocycles. The lowest BCUT2D eigenvalue weighted by Gasteiger charge is -2.25. The zero-order valence-electron chi connectivity index (χ0n) is 13.9. The lowest BCUT2D eigenvalue weighted by molar-refractivity contribution is -0.119. The summed E-state index contributed by atoms with van der Waals surface area (Å²) in [5, 5.41) is 5.06. The summed E-state index contributed by atoms with van der Waals surface area (Å²) in [5.74, 6) is 0.610. The summed E-state index contributed by atoms with van der Waals surface area (Å²) in [6.07, 6.45) is 3.02. The summed E-state index contributed by atoms with van der Waals surface area (Å²) < 4.78 is 0. The van der Waals surface area contributed by atoms with Crippen LogP contribution >= 0.6 is 11.3 Å². The Kier molecular flexibility index (Phi) is 4.48. The molecule has 0 aliphatic carbocycles. The quantitative estimate of drug-likeness (QED) is 0.714. The smallest absolute Gasteiger partial charge is 0.239 e. The molecule has 0 aliphatic heterocycles. The number of likely N-dealkylation sites (N-methyl/N-ethyl adjacent to an activating group) is 1. The maximum absolute atomic E-state index is 12.3. The minimum Gasteiger partial charge on any atom is -0.354 e. The number of thiophene rings is 1. The average Bonchev–Trinajstić information content (AvgIpc) is 3.23. The Morgan fingerprint density at radius 2 is 2.21 bits per heavy atom. The summed E-state index contributed by atoms with van der Waals surface area (Å²) in [6, 6.07) is 4.13. The summed E-state index contributed by atoms with van der Waals surface area (Å²) >= 11 is 1.70. The van der Waals surface area contributed by atoms with Crippen molar-refractivity contribution in [2.75, 3.05) is 25.0 Å². The molecule has 2 N–H and O–H groups in total. The van der Waals surface area contributed by atoms with E-state index in [2.05, 4.69) is 50.5 Å². The summed E-state index contributed by atoms with van der Waals surface area (Å²) in [7, 11) is 1.83. The van der Waals surface area contributed by atoms with E-state index in [4.69, 9.17) is 0 Å². The molecule has 0 fully saturated rings.